The quantitative estimate of drug-likeness (QED) is 0.182. The van der Waals surface area contributed by atoms with Crippen LogP contribution in [0.15, 0.2) is 97.1 Å². The van der Waals surface area contributed by atoms with Crippen molar-refractivity contribution in [1.29, 1.82) is 0 Å². The molecule has 1 N–H and O–H groups in total. The lowest BCUT2D eigenvalue weighted by Gasteiger charge is -2.41. The van der Waals surface area contributed by atoms with Crippen LogP contribution in [0.2, 0.25) is 0 Å². The first-order valence-electron chi connectivity index (χ1n) is 16.8. The van der Waals surface area contributed by atoms with Gasteiger partial charge >= 0.3 is 6.09 Å². The van der Waals surface area contributed by atoms with E-state index in [0.29, 0.717) is 26.2 Å². The number of para-hydroxylation sites is 2. The zero-order valence-electron chi connectivity index (χ0n) is 27.0. The van der Waals surface area contributed by atoms with E-state index in [-0.39, 0.29) is 30.4 Å². The summed E-state index contributed by atoms with van der Waals surface area (Å²) in [6.07, 6.45) is 3.83. The monoisotopic (exact) mass is 630 g/mol. The van der Waals surface area contributed by atoms with Crippen molar-refractivity contribution in [2.45, 2.75) is 43.4 Å². The van der Waals surface area contributed by atoms with E-state index in [2.05, 4.69) is 41.7 Å². The summed E-state index contributed by atoms with van der Waals surface area (Å²) in [6, 6.07) is 33.0. The number of carbonyl (C=O) groups excluding carboxylic acids is 2. The molecule has 1 saturated heterocycles. The van der Waals surface area contributed by atoms with Crippen LogP contribution in [0.5, 0.6) is 11.5 Å². The van der Waals surface area contributed by atoms with Crippen LogP contribution >= 0.6 is 0 Å². The average Bonchev–Trinajstić information content (AvgIpc) is 3.44. The number of carbonyl (C=O) groups is 2. The van der Waals surface area contributed by atoms with Gasteiger partial charge in [0.1, 0.15) is 18.1 Å². The third kappa shape index (κ3) is 6.00. The van der Waals surface area contributed by atoms with Crippen LogP contribution in [0.25, 0.3) is 11.1 Å². The highest BCUT2D eigenvalue weighted by Crippen LogP contribution is 2.50. The Labute approximate surface area is 276 Å². The summed E-state index contributed by atoms with van der Waals surface area (Å²) < 4.78 is 17.6. The molecule has 0 bridgehead atoms. The van der Waals surface area contributed by atoms with Crippen molar-refractivity contribution >= 4 is 12.0 Å². The summed E-state index contributed by atoms with van der Waals surface area (Å²) in [5.41, 5.74) is 6.49. The van der Waals surface area contributed by atoms with Crippen LogP contribution in [0.1, 0.15) is 60.3 Å². The van der Waals surface area contributed by atoms with Crippen LogP contribution in [0.4, 0.5) is 4.79 Å². The van der Waals surface area contributed by atoms with Gasteiger partial charge in [-0.05, 0) is 66.5 Å². The normalized spacial score (nSPS) is 17.5. The lowest BCUT2D eigenvalue weighted by Crippen LogP contribution is -2.49. The molecule has 7 rings (SSSR count). The maximum Gasteiger partial charge on any atom is 0.409 e. The summed E-state index contributed by atoms with van der Waals surface area (Å²) in [6.45, 7) is 2.34. The SMILES string of the molecule is COCCCCC1(CNC(=O)[C@H]2CCCN(C(=O)OCC3c4ccccc4-c4ccccc43)C2)c2ccccc2Oc2ccccc21. The topological polar surface area (TPSA) is 77.1 Å². The lowest BCUT2D eigenvalue weighted by molar-refractivity contribution is -0.126. The van der Waals surface area contributed by atoms with Crippen LogP contribution < -0.4 is 10.1 Å². The van der Waals surface area contributed by atoms with Crippen molar-refractivity contribution in [2.75, 3.05) is 40.0 Å². The Balaban J connectivity index is 1.04. The Bertz CT molecular complexity index is 1660. The molecule has 3 aliphatic rings. The molecule has 2 amide bonds. The average molecular weight is 631 g/mol. The van der Waals surface area contributed by atoms with Gasteiger partial charge in [0.15, 0.2) is 0 Å². The highest BCUT2D eigenvalue weighted by Gasteiger charge is 2.42. The second-order valence-electron chi connectivity index (χ2n) is 12.9. The van der Waals surface area contributed by atoms with Gasteiger partial charge in [-0.1, -0.05) is 84.9 Å². The number of hydrogen-bond acceptors (Lipinski definition) is 5. The molecule has 0 unspecified atom stereocenters. The van der Waals surface area contributed by atoms with Gasteiger partial charge in [-0.2, -0.15) is 0 Å². The van der Waals surface area contributed by atoms with Crippen LogP contribution in [-0.4, -0.2) is 56.9 Å². The number of hydrogen-bond donors (Lipinski definition) is 1. The number of rotatable bonds is 10. The first-order chi connectivity index (χ1) is 23.1. The number of unbranched alkanes of at least 4 members (excludes halogenated alkanes) is 1. The molecule has 7 nitrogen and oxygen atoms in total. The Kier molecular flexibility index (Phi) is 8.99. The molecule has 1 aliphatic carbocycles. The number of amides is 2. The number of fused-ring (bicyclic) bond motifs is 5. The number of methoxy groups -OCH3 is 1. The molecule has 1 atom stereocenters. The van der Waals surface area contributed by atoms with E-state index < -0.39 is 5.41 Å². The standard InChI is InChI=1S/C40H42N2O5/c1-45-24-11-10-22-40(34-18-6-8-20-36(34)47-37-21-9-7-19-35(37)40)27-41-38(43)28-13-12-23-42(25-28)39(44)46-26-33-31-16-4-2-14-29(31)30-15-3-5-17-32(30)33/h2-9,14-21,28,33H,10-13,22-27H2,1H3,(H,41,43)/t28-/m0/s1. The molecule has 2 heterocycles. The third-order valence-corrected chi connectivity index (χ3v) is 10.2. The first-order valence-corrected chi connectivity index (χ1v) is 16.8. The highest BCUT2D eigenvalue weighted by atomic mass is 16.6. The maximum absolute atomic E-state index is 13.9. The van der Waals surface area contributed by atoms with Crippen molar-refractivity contribution in [1.82, 2.24) is 10.2 Å². The molecule has 47 heavy (non-hydrogen) atoms. The Morgan fingerprint density at radius 1 is 0.851 bits per heavy atom. The predicted molar refractivity (Wildman–Crippen MR) is 182 cm³/mol. The fourth-order valence-electron chi connectivity index (χ4n) is 7.81. The Hall–Kier alpha value is -4.62. The molecule has 1 fully saturated rings. The third-order valence-electron chi connectivity index (χ3n) is 10.2. The minimum Gasteiger partial charge on any atom is -0.457 e. The molecule has 4 aromatic carbocycles. The molecule has 0 radical (unpaired) electrons. The zero-order valence-corrected chi connectivity index (χ0v) is 27.0. The first kappa shape index (κ1) is 31.0. The molecular formula is C40H42N2O5. The van der Waals surface area contributed by atoms with Crippen molar-refractivity contribution in [2.24, 2.45) is 5.92 Å². The Morgan fingerprint density at radius 2 is 1.47 bits per heavy atom. The molecular weight excluding hydrogens is 588 g/mol. The number of nitrogens with one attached hydrogen (secondary N) is 1. The summed E-state index contributed by atoms with van der Waals surface area (Å²) in [5.74, 6) is 1.32. The van der Waals surface area contributed by atoms with Crippen molar-refractivity contribution in [3.05, 3.63) is 119 Å². The van der Waals surface area contributed by atoms with Crippen LogP contribution in [0.3, 0.4) is 0 Å². The number of piperidine rings is 1. The molecule has 0 saturated carbocycles. The van der Waals surface area contributed by atoms with Gasteiger partial charge in [-0.25, -0.2) is 4.79 Å². The highest BCUT2D eigenvalue weighted by molar-refractivity contribution is 5.81. The summed E-state index contributed by atoms with van der Waals surface area (Å²) >= 11 is 0. The fraction of sp³-hybridized carbons (Fsp3) is 0.350. The van der Waals surface area contributed by atoms with E-state index in [0.717, 1.165) is 54.7 Å². The van der Waals surface area contributed by atoms with E-state index >= 15 is 0 Å². The molecule has 0 spiro atoms. The summed E-state index contributed by atoms with van der Waals surface area (Å²) in [4.78, 5) is 29.0. The maximum atomic E-state index is 13.9. The second kappa shape index (κ2) is 13.6. The fourth-order valence-corrected chi connectivity index (χ4v) is 7.81. The van der Waals surface area contributed by atoms with Crippen molar-refractivity contribution in [3.63, 3.8) is 0 Å². The van der Waals surface area contributed by atoms with Gasteiger partial charge < -0.3 is 24.4 Å². The van der Waals surface area contributed by atoms with Gasteiger partial charge in [0.25, 0.3) is 0 Å². The van der Waals surface area contributed by atoms with Gasteiger partial charge in [0.05, 0.1) is 5.92 Å². The van der Waals surface area contributed by atoms with E-state index in [1.165, 1.54) is 22.3 Å². The van der Waals surface area contributed by atoms with E-state index in [9.17, 15) is 9.59 Å². The molecule has 0 aromatic heterocycles. The van der Waals surface area contributed by atoms with Crippen LogP contribution in [-0.2, 0) is 19.7 Å². The lowest BCUT2D eigenvalue weighted by atomic mass is 9.69. The Morgan fingerprint density at radius 3 is 2.13 bits per heavy atom. The molecule has 242 valence electrons. The summed E-state index contributed by atoms with van der Waals surface area (Å²) in [5, 5.41) is 3.34. The smallest absolute Gasteiger partial charge is 0.409 e. The number of benzene rings is 4. The minimum atomic E-state index is -0.448. The van der Waals surface area contributed by atoms with E-state index in [4.69, 9.17) is 14.2 Å². The van der Waals surface area contributed by atoms with Crippen molar-refractivity contribution < 1.29 is 23.8 Å². The largest absolute Gasteiger partial charge is 0.457 e. The molecule has 7 heteroatoms. The van der Waals surface area contributed by atoms with Crippen LogP contribution in [0, 0.1) is 5.92 Å². The van der Waals surface area contributed by atoms with Crippen molar-refractivity contribution in [3.8, 4) is 22.6 Å². The van der Waals surface area contributed by atoms with Gasteiger partial charge in [-0.3, -0.25) is 4.79 Å². The van der Waals surface area contributed by atoms with E-state index in [1.807, 2.05) is 60.7 Å². The van der Waals surface area contributed by atoms with Gasteiger partial charge in [0.2, 0.25) is 5.91 Å². The number of nitrogens with zero attached hydrogens (tertiary/aromatic N) is 1. The molecule has 4 aromatic rings. The van der Waals surface area contributed by atoms with E-state index in [1.54, 1.807) is 12.0 Å². The van der Waals surface area contributed by atoms with Gasteiger partial charge in [0, 0.05) is 55.8 Å². The summed E-state index contributed by atoms with van der Waals surface area (Å²) in [7, 11) is 1.73. The minimum absolute atomic E-state index is 0.000502. The number of ether oxygens (including phenoxy) is 3. The van der Waals surface area contributed by atoms with Gasteiger partial charge in [-0.15, -0.1) is 0 Å². The predicted octanol–water partition coefficient (Wildman–Crippen LogP) is 7.67. The molecule has 2 aliphatic heterocycles. The second-order valence-corrected chi connectivity index (χ2v) is 12.9. The zero-order chi connectivity index (χ0) is 32.2. The number of likely N-dealkylation sites (tertiary alicyclic amines) is 1.